The summed E-state index contributed by atoms with van der Waals surface area (Å²) in [6.45, 7) is 0. The van der Waals surface area contributed by atoms with Crippen LogP contribution in [-0.4, -0.2) is 19.7 Å². The van der Waals surface area contributed by atoms with Crippen molar-refractivity contribution in [3.8, 4) is 28.4 Å². The summed E-state index contributed by atoms with van der Waals surface area (Å²) in [5, 5.41) is 4.39. The van der Waals surface area contributed by atoms with Crippen molar-refractivity contribution >= 4 is 0 Å². The second-order valence-electron chi connectivity index (χ2n) is 5.18. The van der Waals surface area contributed by atoms with Crippen molar-refractivity contribution in [2.75, 3.05) is 0 Å². The average Bonchev–Trinajstić information content (AvgIpc) is 3.14. The van der Waals surface area contributed by atoms with Crippen molar-refractivity contribution in [2.24, 2.45) is 0 Å². The third-order valence-corrected chi connectivity index (χ3v) is 3.54. The number of para-hydroxylation sites is 1. The predicted molar refractivity (Wildman–Crippen MR) is 91.1 cm³/mol. The lowest BCUT2D eigenvalue weighted by Gasteiger charge is -2.06. The van der Waals surface area contributed by atoms with Crippen LogP contribution in [0.15, 0.2) is 85.6 Å². The zero-order valence-electron chi connectivity index (χ0n) is 12.8. The minimum absolute atomic E-state index is 0.785. The molecule has 5 nitrogen and oxygen atoms in total. The first-order valence-corrected chi connectivity index (χ1v) is 7.53. The van der Waals surface area contributed by atoms with Gasteiger partial charge in [0.2, 0.25) is 0 Å². The van der Waals surface area contributed by atoms with Crippen molar-refractivity contribution in [3.05, 3.63) is 85.6 Å². The van der Waals surface area contributed by atoms with Gasteiger partial charge in [0.1, 0.15) is 17.8 Å². The lowest BCUT2D eigenvalue weighted by molar-refractivity contribution is 0.482. The maximum Gasteiger partial charge on any atom is 0.127 e. The van der Waals surface area contributed by atoms with Crippen LogP contribution in [0.3, 0.4) is 0 Å². The monoisotopic (exact) mass is 314 g/mol. The molecule has 24 heavy (non-hydrogen) atoms. The molecule has 0 atom stereocenters. The molecule has 0 saturated heterocycles. The van der Waals surface area contributed by atoms with Crippen LogP contribution in [-0.2, 0) is 0 Å². The summed E-state index contributed by atoms with van der Waals surface area (Å²) in [7, 11) is 0. The smallest absolute Gasteiger partial charge is 0.127 e. The Balaban J connectivity index is 1.54. The fraction of sp³-hybridized carbons (Fsp3) is 0. The Morgan fingerprint density at radius 2 is 1.62 bits per heavy atom. The van der Waals surface area contributed by atoms with Gasteiger partial charge in [-0.15, -0.1) is 0 Å². The molecule has 0 unspecified atom stereocenters. The Labute approximate surface area is 139 Å². The molecule has 2 heterocycles. The van der Waals surface area contributed by atoms with Crippen LogP contribution in [0.5, 0.6) is 11.5 Å². The molecule has 2 aromatic heterocycles. The molecular weight excluding hydrogens is 300 g/mol. The number of benzene rings is 2. The minimum Gasteiger partial charge on any atom is -0.457 e. The molecule has 0 aliphatic carbocycles. The second-order valence-corrected chi connectivity index (χ2v) is 5.18. The number of ether oxygens (including phenoxy) is 1. The van der Waals surface area contributed by atoms with E-state index >= 15 is 0 Å². The van der Waals surface area contributed by atoms with Crippen molar-refractivity contribution in [1.82, 2.24) is 19.7 Å². The van der Waals surface area contributed by atoms with Crippen molar-refractivity contribution in [2.45, 2.75) is 0 Å². The van der Waals surface area contributed by atoms with Crippen LogP contribution in [0.1, 0.15) is 0 Å². The van der Waals surface area contributed by atoms with Gasteiger partial charge in [0.15, 0.2) is 0 Å². The molecule has 0 bridgehead atoms. The normalized spacial score (nSPS) is 10.5. The molecule has 4 aromatic rings. The number of hydrogen-bond donors (Lipinski definition) is 0. The first kappa shape index (κ1) is 14.1. The molecule has 0 aliphatic heterocycles. The molecule has 0 radical (unpaired) electrons. The van der Waals surface area contributed by atoms with Crippen LogP contribution in [0.25, 0.3) is 16.9 Å². The molecule has 116 valence electrons. The van der Waals surface area contributed by atoms with Gasteiger partial charge in [-0.25, -0.2) is 14.6 Å². The summed E-state index contributed by atoms with van der Waals surface area (Å²) in [5.41, 5.74) is 2.75. The van der Waals surface area contributed by atoms with Gasteiger partial charge in [0.25, 0.3) is 0 Å². The molecule has 4 rings (SSSR count). The topological polar surface area (TPSA) is 52.8 Å². The molecule has 0 spiro atoms. The summed E-state index contributed by atoms with van der Waals surface area (Å²) >= 11 is 0. The van der Waals surface area contributed by atoms with E-state index in [1.807, 2.05) is 71.5 Å². The molecule has 0 fully saturated rings. The van der Waals surface area contributed by atoms with Crippen LogP contribution < -0.4 is 4.74 Å². The highest BCUT2D eigenvalue weighted by Gasteiger charge is 2.05. The highest BCUT2D eigenvalue weighted by molar-refractivity contribution is 5.57. The van der Waals surface area contributed by atoms with Crippen LogP contribution in [0.4, 0.5) is 0 Å². The van der Waals surface area contributed by atoms with Crippen LogP contribution in [0, 0.1) is 0 Å². The molecule has 5 heteroatoms. The van der Waals surface area contributed by atoms with Gasteiger partial charge >= 0.3 is 0 Å². The van der Waals surface area contributed by atoms with Gasteiger partial charge < -0.3 is 4.74 Å². The Hall–Kier alpha value is -3.47. The van der Waals surface area contributed by atoms with E-state index < -0.39 is 0 Å². The molecule has 0 N–H and O–H groups in total. The zero-order chi connectivity index (χ0) is 16.2. The summed E-state index contributed by atoms with van der Waals surface area (Å²) < 4.78 is 7.61. The largest absolute Gasteiger partial charge is 0.457 e. The van der Waals surface area contributed by atoms with E-state index in [0.717, 1.165) is 28.4 Å². The summed E-state index contributed by atoms with van der Waals surface area (Å²) in [6.07, 6.45) is 6.98. The van der Waals surface area contributed by atoms with Crippen molar-refractivity contribution in [1.29, 1.82) is 0 Å². The van der Waals surface area contributed by atoms with Gasteiger partial charge in [-0.3, -0.25) is 0 Å². The number of nitrogens with zero attached hydrogens (tertiary/aromatic N) is 4. The van der Waals surface area contributed by atoms with Crippen molar-refractivity contribution < 1.29 is 4.74 Å². The molecule has 0 saturated carbocycles. The Bertz CT molecular complexity index is 919. The Morgan fingerprint density at radius 3 is 2.38 bits per heavy atom. The summed E-state index contributed by atoms with van der Waals surface area (Å²) in [5.74, 6) is 1.60. The van der Waals surface area contributed by atoms with Gasteiger partial charge in [-0.05, 0) is 42.5 Å². The molecule has 2 aromatic carbocycles. The van der Waals surface area contributed by atoms with E-state index in [4.69, 9.17) is 4.74 Å². The van der Waals surface area contributed by atoms with Gasteiger partial charge in [-0.1, -0.05) is 18.2 Å². The molecular formula is C19H14N4O. The van der Waals surface area contributed by atoms with E-state index in [0.29, 0.717) is 0 Å². The van der Waals surface area contributed by atoms with Crippen LogP contribution >= 0.6 is 0 Å². The fourth-order valence-corrected chi connectivity index (χ4v) is 2.35. The maximum absolute atomic E-state index is 5.80. The zero-order valence-corrected chi connectivity index (χ0v) is 12.8. The quantitative estimate of drug-likeness (QED) is 0.568. The third kappa shape index (κ3) is 3.01. The van der Waals surface area contributed by atoms with Crippen molar-refractivity contribution in [3.63, 3.8) is 0 Å². The lowest BCUT2D eigenvalue weighted by Crippen LogP contribution is -1.93. The minimum atomic E-state index is 0.785. The van der Waals surface area contributed by atoms with E-state index in [2.05, 4.69) is 15.1 Å². The number of rotatable bonds is 4. The lowest BCUT2D eigenvalue weighted by atomic mass is 10.2. The molecule has 0 aliphatic rings. The van der Waals surface area contributed by atoms with Gasteiger partial charge in [-0.2, -0.15) is 5.10 Å². The maximum atomic E-state index is 5.80. The fourth-order valence-electron chi connectivity index (χ4n) is 2.35. The number of aromatic nitrogens is 4. The predicted octanol–water partition coefficient (Wildman–Crippen LogP) is 4.12. The van der Waals surface area contributed by atoms with E-state index in [1.165, 1.54) is 6.33 Å². The van der Waals surface area contributed by atoms with Crippen LogP contribution in [0.2, 0.25) is 0 Å². The number of hydrogen-bond acceptors (Lipinski definition) is 4. The SMILES string of the molecule is c1ccc(Oc2ccc(-n3cc(-c4ccncn4)cn3)cc2)cc1. The Kier molecular flexibility index (Phi) is 3.73. The average molecular weight is 314 g/mol. The highest BCUT2D eigenvalue weighted by Crippen LogP contribution is 2.23. The van der Waals surface area contributed by atoms with Gasteiger partial charge in [0, 0.05) is 18.0 Å². The first-order chi connectivity index (χ1) is 11.9. The second kappa shape index (κ2) is 6.34. The molecule has 0 amide bonds. The third-order valence-electron chi connectivity index (χ3n) is 3.54. The summed E-state index contributed by atoms with van der Waals surface area (Å²) in [4.78, 5) is 8.16. The van der Waals surface area contributed by atoms with E-state index in [1.54, 1.807) is 12.4 Å². The first-order valence-electron chi connectivity index (χ1n) is 7.53. The summed E-state index contributed by atoms with van der Waals surface area (Å²) in [6, 6.07) is 19.4. The Morgan fingerprint density at radius 1 is 0.833 bits per heavy atom. The standard InChI is InChI=1S/C19H14N4O/c1-2-4-17(5-3-1)24-18-8-6-16(7-9-18)23-13-15(12-22-23)19-10-11-20-14-21-19/h1-14H. The van der Waals surface area contributed by atoms with Gasteiger partial charge in [0.05, 0.1) is 17.6 Å². The van der Waals surface area contributed by atoms with E-state index in [9.17, 15) is 0 Å². The highest BCUT2D eigenvalue weighted by atomic mass is 16.5. The van der Waals surface area contributed by atoms with E-state index in [-0.39, 0.29) is 0 Å².